The van der Waals surface area contributed by atoms with E-state index in [-0.39, 0.29) is 17.7 Å². The van der Waals surface area contributed by atoms with E-state index in [1.165, 1.54) is 37.4 Å². The van der Waals surface area contributed by atoms with Crippen molar-refractivity contribution in [2.75, 3.05) is 18.6 Å². The number of carboxylic acid groups (broad SMARTS) is 1. The highest BCUT2D eigenvalue weighted by atomic mass is 19.1. The third-order valence-electron chi connectivity index (χ3n) is 4.54. The van der Waals surface area contributed by atoms with Gasteiger partial charge < -0.3 is 19.5 Å². The van der Waals surface area contributed by atoms with Crippen LogP contribution in [0.1, 0.15) is 22.8 Å². The number of rotatable bonds is 8. The van der Waals surface area contributed by atoms with Gasteiger partial charge in [-0.3, -0.25) is 0 Å². The normalized spacial score (nSPS) is 10.5. The van der Waals surface area contributed by atoms with Gasteiger partial charge in [-0.2, -0.15) is 0 Å². The molecule has 1 N–H and O–H groups in total. The first kappa shape index (κ1) is 21.1. The lowest BCUT2D eigenvalue weighted by Gasteiger charge is -2.27. The minimum atomic E-state index is -1.10. The fraction of sp³-hybridized carbons (Fsp3) is 0.174. The van der Waals surface area contributed by atoms with Gasteiger partial charge in [0.2, 0.25) is 0 Å². The van der Waals surface area contributed by atoms with Crippen LogP contribution < -0.4 is 14.4 Å². The summed E-state index contributed by atoms with van der Waals surface area (Å²) in [6.07, 6.45) is 0. The standard InChI is InChI=1S/C23H21F2NO4/c1-3-30-22-13-17(10-11-21(22)29-2)26(14-18-19(24)8-5-9-20(18)25)16-7-4-6-15(12-16)23(27)28/h4-13H,3,14H2,1-2H3,(H,27,28). The summed E-state index contributed by atoms with van der Waals surface area (Å²) in [5.41, 5.74) is 0.951. The summed E-state index contributed by atoms with van der Waals surface area (Å²) in [7, 11) is 1.51. The van der Waals surface area contributed by atoms with Crippen LogP contribution in [0, 0.1) is 11.6 Å². The highest BCUT2D eigenvalue weighted by Gasteiger charge is 2.19. The van der Waals surface area contributed by atoms with E-state index in [0.717, 1.165) is 0 Å². The molecular weight excluding hydrogens is 392 g/mol. The summed E-state index contributed by atoms with van der Waals surface area (Å²) in [5, 5.41) is 9.35. The number of carboxylic acids is 1. The Kier molecular flexibility index (Phi) is 6.51. The molecule has 3 rings (SSSR count). The summed E-state index contributed by atoms with van der Waals surface area (Å²) < 4.78 is 39.7. The average Bonchev–Trinajstić information content (AvgIpc) is 2.74. The molecule has 0 radical (unpaired) electrons. The second-order valence-corrected chi connectivity index (χ2v) is 6.41. The van der Waals surface area contributed by atoms with E-state index in [4.69, 9.17) is 9.47 Å². The summed E-state index contributed by atoms with van der Waals surface area (Å²) in [6.45, 7) is 2.07. The van der Waals surface area contributed by atoms with Crippen molar-refractivity contribution in [3.05, 3.63) is 83.4 Å². The Morgan fingerprint density at radius 2 is 1.63 bits per heavy atom. The first-order valence-electron chi connectivity index (χ1n) is 9.29. The molecule has 3 aromatic rings. The van der Waals surface area contributed by atoms with Crippen molar-refractivity contribution in [3.63, 3.8) is 0 Å². The number of benzene rings is 3. The maximum atomic E-state index is 14.4. The van der Waals surface area contributed by atoms with E-state index in [9.17, 15) is 18.7 Å². The van der Waals surface area contributed by atoms with Gasteiger partial charge in [0.25, 0.3) is 0 Å². The Morgan fingerprint density at radius 3 is 2.27 bits per heavy atom. The number of methoxy groups -OCH3 is 1. The molecular formula is C23H21F2NO4. The second kappa shape index (κ2) is 9.26. The fourth-order valence-corrected chi connectivity index (χ4v) is 3.08. The van der Waals surface area contributed by atoms with Crippen molar-refractivity contribution in [2.24, 2.45) is 0 Å². The lowest BCUT2D eigenvalue weighted by atomic mass is 10.1. The van der Waals surface area contributed by atoms with Crippen LogP contribution in [-0.4, -0.2) is 24.8 Å². The molecule has 0 spiro atoms. The van der Waals surface area contributed by atoms with Crippen LogP contribution in [-0.2, 0) is 6.54 Å². The van der Waals surface area contributed by atoms with E-state index >= 15 is 0 Å². The number of nitrogens with zero attached hydrogens (tertiary/aromatic N) is 1. The van der Waals surface area contributed by atoms with Crippen LogP contribution in [0.3, 0.4) is 0 Å². The SMILES string of the molecule is CCOc1cc(N(Cc2c(F)cccc2F)c2cccc(C(=O)O)c2)ccc1OC. The Bertz CT molecular complexity index is 1030. The summed E-state index contributed by atoms with van der Waals surface area (Å²) >= 11 is 0. The first-order valence-corrected chi connectivity index (χ1v) is 9.29. The molecule has 0 heterocycles. The minimum Gasteiger partial charge on any atom is -0.493 e. The fourth-order valence-electron chi connectivity index (χ4n) is 3.08. The van der Waals surface area contributed by atoms with Gasteiger partial charge in [-0.25, -0.2) is 13.6 Å². The Morgan fingerprint density at radius 1 is 0.967 bits per heavy atom. The number of hydrogen-bond acceptors (Lipinski definition) is 4. The van der Waals surface area contributed by atoms with Gasteiger partial charge in [-0.1, -0.05) is 12.1 Å². The van der Waals surface area contributed by atoms with Gasteiger partial charge in [-0.15, -0.1) is 0 Å². The van der Waals surface area contributed by atoms with Crippen molar-refractivity contribution in [1.82, 2.24) is 0 Å². The maximum Gasteiger partial charge on any atom is 0.335 e. The molecule has 0 unspecified atom stereocenters. The van der Waals surface area contributed by atoms with Crippen molar-refractivity contribution in [2.45, 2.75) is 13.5 Å². The molecule has 0 aliphatic heterocycles. The zero-order chi connectivity index (χ0) is 21.7. The van der Waals surface area contributed by atoms with E-state index < -0.39 is 17.6 Å². The monoisotopic (exact) mass is 413 g/mol. The molecule has 0 saturated heterocycles. The van der Waals surface area contributed by atoms with E-state index in [0.29, 0.717) is 29.5 Å². The van der Waals surface area contributed by atoms with Crippen LogP contribution >= 0.6 is 0 Å². The Hall–Kier alpha value is -3.61. The van der Waals surface area contributed by atoms with Gasteiger partial charge in [0.15, 0.2) is 11.5 Å². The molecule has 156 valence electrons. The second-order valence-electron chi connectivity index (χ2n) is 6.41. The highest BCUT2D eigenvalue weighted by Crippen LogP contribution is 2.36. The Balaban J connectivity index is 2.14. The predicted molar refractivity (Wildman–Crippen MR) is 110 cm³/mol. The topological polar surface area (TPSA) is 59.0 Å². The average molecular weight is 413 g/mol. The maximum absolute atomic E-state index is 14.4. The number of anilines is 2. The zero-order valence-corrected chi connectivity index (χ0v) is 16.6. The molecule has 0 fully saturated rings. The number of carbonyl (C=O) groups is 1. The lowest BCUT2D eigenvalue weighted by molar-refractivity contribution is 0.0697. The Labute approximate surface area is 173 Å². The molecule has 30 heavy (non-hydrogen) atoms. The quantitative estimate of drug-likeness (QED) is 0.535. The summed E-state index contributed by atoms with van der Waals surface area (Å²) in [6, 6.07) is 14.9. The smallest absolute Gasteiger partial charge is 0.335 e. The van der Waals surface area contributed by atoms with Gasteiger partial charge in [0, 0.05) is 23.0 Å². The molecule has 7 heteroatoms. The van der Waals surface area contributed by atoms with E-state index in [1.54, 1.807) is 35.2 Å². The van der Waals surface area contributed by atoms with Gasteiger partial charge in [0.05, 0.1) is 25.8 Å². The molecule has 0 atom stereocenters. The molecule has 0 saturated carbocycles. The first-order chi connectivity index (χ1) is 14.4. The van der Waals surface area contributed by atoms with Gasteiger partial charge >= 0.3 is 5.97 Å². The molecule has 0 bridgehead atoms. The summed E-state index contributed by atoms with van der Waals surface area (Å²) in [4.78, 5) is 13.0. The molecule has 0 aromatic heterocycles. The minimum absolute atomic E-state index is 0.0602. The third kappa shape index (κ3) is 4.51. The van der Waals surface area contributed by atoms with Crippen molar-refractivity contribution in [3.8, 4) is 11.5 Å². The van der Waals surface area contributed by atoms with Crippen LogP contribution in [0.2, 0.25) is 0 Å². The summed E-state index contributed by atoms with van der Waals surface area (Å²) in [5.74, 6) is -1.50. The number of aromatic carboxylic acids is 1. The molecule has 0 amide bonds. The van der Waals surface area contributed by atoms with Crippen molar-refractivity contribution >= 4 is 17.3 Å². The molecule has 5 nitrogen and oxygen atoms in total. The molecule has 0 aliphatic carbocycles. The van der Waals surface area contributed by atoms with Crippen LogP contribution in [0.15, 0.2) is 60.7 Å². The van der Waals surface area contributed by atoms with Gasteiger partial charge in [-0.05, 0) is 49.4 Å². The van der Waals surface area contributed by atoms with Crippen molar-refractivity contribution in [1.29, 1.82) is 0 Å². The van der Waals surface area contributed by atoms with E-state index in [2.05, 4.69) is 0 Å². The van der Waals surface area contributed by atoms with Gasteiger partial charge in [0.1, 0.15) is 11.6 Å². The zero-order valence-electron chi connectivity index (χ0n) is 16.6. The van der Waals surface area contributed by atoms with Crippen molar-refractivity contribution < 1.29 is 28.2 Å². The molecule has 3 aromatic carbocycles. The van der Waals surface area contributed by atoms with Crippen LogP contribution in [0.5, 0.6) is 11.5 Å². The predicted octanol–water partition coefficient (Wildman–Crippen LogP) is 5.41. The largest absolute Gasteiger partial charge is 0.493 e. The number of halogens is 2. The highest BCUT2D eigenvalue weighted by molar-refractivity contribution is 5.89. The van der Waals surface area contributed by atoms with Crippen LogP contribution in [0.4, 0.5) is 20.2 Å². The molecule has 0 aliphatic rings. The van der Waals surface area contributed by atoms with E-state index in [1.807, 2.05) is 6.92 Å². The third-order valence-corrected chi connectivity index (χ3v) is 4.54. The van der Waals surface area contributed by atoms with Crippen LogP contribution in [0.25, 0.3) is 0 Å². The number of ether oxygens (including phenoxy) is 2. The number of hydrogen-bond donors (Lipinski definition) is 1. The lowest BCUT2D eigenvalue weighted by Crippen LogP contribution is -2.19.